The van der Waals surface area contributed by atoms with E-state index >= 15 is 0 Å². The van der Waals surface area contributed by atoms with Crippen molar-refractivity contribution in [2.45, 2.75) is 18.8 Å². The number of para-hydroxylation sites is 1. The average Bonchev–Trinajstić information content (AvgIpc) is 2.71. The van der Waals surface area contributed by atoms with E-state index < -0.39 is 5.56 Å². The van der Waals surface area contributed by atoms with Crippen LogP contribution in [0.25, 0.3) is 0 Å². The molecule has 1 aromatic heterocycles. The first-order chi connectivity index (χ1) is 13.2. The standard InChI is InChI=1S/C22H17N3O2/c23-14-17-11-19-20(25(22(17)27)24-18-9-5-2-6-10-18)12-16(13-21(19)26)15-7-3-1-4-8-15/h1-11,16,24H,12-13H2. The number of nitriles is 1. The number of anilines is 1. The van der Waals surface area contributed by atoms with Gasteiger partial charge in [0.1, 0.15) is 11.6 Å². The van der Waals surface area contributed by atoms with Crippen molar-refractivity contribution in [2.75, 3.05) is 5.43 Å². The van der Waals surface area contributed by atoms with Gasteiger partial charge in [-0.05, 0) is 36.1 Å². The number of nitrogens with zero attached hydrogens (tertiary/aromatic N) is 2. The van der Waals surface area contributed by atoms with Gasteiger partial charge in [-0.15, -0.1) is 0 Å². The first-order valence-electron chi connectivity index (χ1n) is 8.76. The third-order valence-electron chi connectivity index (χ3n) is 4.88. The van der Waals surface area contributed by atoms with Crippen molar-refractivity contribution in [2.24, 2.45) is 0 Å². The number of aromatic nitrogens is 1. The van der Waals surface area contributed by atoms with Gasteiger partial charge in [0.05, 0.1) is 11.4 Å². The maximum atomic E-state index is 12.8. The lowest BCUT2D eigenvalue weighted by Gasteiger charge is -2.27. The molecule has 0 aliphatic heterocycles. The molecule has 1 aliphatic rings. The SMILES string of the molecule is N#Cc1cc2c(n(Nc3ccccc3)c1=O)CC(c1ccccc1)CC2=O. The summed E-state index contributed by atoms with van der Waals surface area (Å²) < 4.78 is 1.36. The van der Waals surface area contributed by atoms with Crippen molar-refractivity contribution >= 4 is 11.5 Å². The number of rotatable bonds is 3. The van der Waals surface area contributed by atoms with Crippen LogP contribution in [-0.4, -0.2) is 10.5 Å². The summed E-state index contributed by atoms with van der Waals surface area (Å²) in [7, 11) is 0. The quantitative estimate of drug-likeness (QED) is 0.780. The molecular weight excluding hydrogens is 338 g/mol. The fraction of sp³-hybridized carbons (Fsp3) is 0.136. The molecule has 0 bridgehead atoms. The number of benzene rings is 2. The fourth-order valence-electron chi connectivity index (χ4n) is 3.54. The second-order valence-corrected chi connectivity index (χ2v) is 6.59. The first kappa shape index (κ1) is 16.8. The molecule has 1 unspecified atom stereocenters. The van der Waals surface area contributed by atoms with Crippen LogP contribution >= 0.6 is 0 Å². The topological polar surface area (TPSA) is 74.9 Å². The Bertz CT molecular complexity index is 1100. The van der Waals surface area contributed by atoms with Gasteiger partial charge >= 0.3 is 0 Å². The number of carbonyl (C=O) groups excluding carboxylic acids is 1. The van der Waals surface area contributed by atoms with Crippen LogP contribution in [-0.2, 0) is 6.42 Å². The highest BCUT2D eigenvalue weighted by Crippen LogP contribution is 2.32. The largest absolute Gasteiger partial charge is 0.294 e. The fourth-order valence-corrected chi connectivity index (χ4v) is 3.54. The van der Waals surface area contributed by atoms with E-state index in [9.17, 15) is 14.9 Å². The Balaban J connectivity index is 1.84. The van der Waals surface area contributed by atoms with E-state index in [2.05, 4.69) is 5.43 Å². The van der Waals surface area contributed by atoms with Gasteiger partial charge in [0.2, 0.25) is 0 Å². The van der Waals surface area contributed by atoms with Crippen molar-refractivity contribution < 1.29 is 4.79 Å². The van der Waals surface area contributed by atoms with E-state index in [1.807, 2.05) is 66.7 Å². The maximum absolute atomic E-state index is 12.8. The monoisotopic (exact) mass is 355 g/mol. The van der Waals surface area contributed by atoms with Gasteiger partial charge in [-0.2, -0.15) is 5.26 Å². The van der Waals surface area contributed by atoms with Crippen LogP contribution in [0.3, 0.4) is 0 Å². The van der Waals surface area contributed by atoms with Crippen LogP contribution in [0.5, 0.6) is 0 Å². The lowest BCUT2D eigenvalue weighted by molar-refractivity contribution is 0.0962. The smallest absolute Gasteiger partial charge is 0.287 e. The van der Waals surface area contributed by atoms with Crippen molar-refractivity contribution in [3.8, 4) is 6.07 Å². The van der Waals surface area contributed by atoms with Gasteiger partial charge in [-0.3, -0.25) is 15.0 Å². The van der Waals surface area contributed by atoms with E-state index in [-0.39, 0.29) is 17.3 Å². The number of nitrogens with one attached hydrogen (secondary N) is 1. The Morgan fingerprint density at radius 3 is 2.30 bits per heavy atom. The number of pyridine rings is 1. The van der Waals surface area contributed by atoms with Gasteiger partial charge in [0.15, 0.2) is 5.78 Å². The summed E-state index contributed by atoms with van der Waals surface area (Å²) in [6, 6.07) is 22.4. The normalized spacial score (nSPS) is 15.7. The summed E-state index contributed by atoms with van der Waals surface area (Å²) in [5.41, 5.74) is 5.43. The zero-order chi connectivity index (χ0) is 18.8. The predicted octanol–water partition coefficient (Wildman–Crippen LogP) is 3.51. The summed E-state index contributed by atoms with van der Waals surface area (Å²) in [4.78, 5) is 25.6. The van der Waals surface area contributed by atoms with Gasteiger partial charge in [0, 0.05) is 12.0 Å². The van der Waals surface area contributed by atoms with Crippen molar-refractivity contribution in [3.63, 3.8) is 0 Å². The number of hydrogen-bond acceptors (Lipinski definition) is 4. The molecule has 132 valence electrons. The minimum Gasteiger partial charge on any atom is -0.294 e. The molecule has 1 heterocycles. The van der Waals surface area contributed by atoms with Gasteiger partial charge in [-0.25, -0.2) is 4.68 Å². The Morgan fingerprint density at radius 1 is 0.963 bits per heavy atom. The third kappa shape index (κ3) is 3.13. The molecule has 5 nitrogen and oxygen atoms in total. The highest BCUT2D eigenvalue weighted by Gasteiger charge is 2.30. The molecule has 0 saturated heterocycles. The zero-order valence-corrected chi connectivity index (χ0v) is 14.6. The third-order valence-corrected chi connectivity index (χ3v) is 4.88. The van der Waals surface area contributed by atoms with Crippen LogP contribution < -0.4 is 11.0 Å². The molecule has 27 heavy (non-hydrogen) atoms. The number of carbonyl (C=O) groups is 1. The molecule has 1 atom stereocenters. The average molecular weight is 355 g/mol. The highest BCUT2D eigenvalue weighted by atomic mass is 16.1. The molecule has 4 rings (SSSR count). The maximum Gasteiger partial charge on any atom is 0.287 e. The number of fused-ring (bicyclic) bond motifs is 1. The summed E-state index contributed by atoms with van der Waals surface area (Å²) in [6.07, 6.45) is 0.914. The minimum absolute atomic E-state index is 0.00218. The Labute approximate surface area is 156 Å². The first-order valence-corrected chi connectivity index (χ1v) is 8.76. The van der Waals surface area contributed by atoms with Crippen LogP contribution in [0.1, 0.15) is 39.5 Å². The molecule has 0 fully saturated rings. The van der Waals surface area contributed by atoms with Gasteiger partial charge < -0.3 is 0 Å². The molecule has 1 N–H and O–H groups in total. The Kier molecular flexibility index (Phi) is 4.31. The molecule has 2 aromatic carbocycles. The molecule has 0 radical (unpaired) electrons. The lowest BCUT2D eigenvalue weighted by atomic mass is 9.81. The Morgan fingerprint density at radius 2 is 1.63 bits per heavy atom. The van der Waals surface area contributed by atoms with Gasteiger partial charge in [0.25, 0.3) is 5.56 Å². The van der Waals surface area contributed by atoms with E-state index in [1.54, 1.807) is 0 Å². The van der Waals surface area contributed by atoms with Crippen LogP contribution in [0.2, 0.25) is 0 Å². The Hall–Kier alpha value is -3.65. The van der Waals surface area contributed by atoms with E-state index in [4.69, 9.17) is 0 Å². The molecule has 0 amide bonds. The van der Waals surface area contributed by atoms with Crippen LogP contribution in [0, 0.1) is 11.3 Å². The second kappa shape index (κ2) is 6.93. The van der Waals surface area contributed by atoms with Crippen LogP contribution in [0.15, 0.2) is 71.5 Å². The van der Waals surface area contributed by atoms with Crippen molar-refractivity contribution in [1.29, 1.82) is 5.26 Å². The minimum atomic E-state index is -0.443. The predicted molar refractivity (Wildman–Crippen MR) is 103 cm³/mol. The lowest BCUT2D eigenvalue weighted by Crippen LogP contribution is -2.36. The summed E-state index contributed by atoms with van der Waals surface area (Å²) in [5, 5.41) is 9.32. The zero-order valence-electron chi connectivity index (χ0n) is 14.6. The molecule has 5 heteroatoms. The summed E-state index contributed by atoms with van der Waals surface area (Å²) >= 11 is 0. The number of Topliss-reactive ketones (excluding diaryl/α,β-unsaturated/α-hetero) is 1. The summed E-state index contributed by atoms with van der Waals surface area (Å²) in [5.74, 6) is -0.0485. The number of hydrogen-bond donors (Lipinski definition) is 1. The van der Waals surface area contributed by atoms with Gasteiger partial charge in [-0.1, -0.05) is 48.5 Å². The highest BCUT2D eigenvalue weighted by molar-refractivity contribution is 5.99. The molecule has 0 saturated carbocycles. The van der Waals surface area contributed by atoms with E-state index in [1.165, 1.54) is 10.7 Å². The summed E-state index contributed by atoms with van der Waals surface area (Å²) in [6.45, 7) is 0. The second-order valence-electron chi connectivity index (χ2n) is 6.59. The van der Waals surface area contributed by atoms with Crippen molar-refractivity contribution in [3.05, 3.63) is 99.5 Å². The van der Waals surface area contributed by atoms with E-state index in [0.717, 1.165) is 5.56 Å². The molecular formula is C22H17N3O2. The van der Waals surface area contributed by atoms with Crippen LogP contribution in [0.4, 0.5) is 5.69 Å². The number of ketones is 1. The van der Waals surface area contributed by atoms with E-state index in [0.29, 0.717) is 29.8 Å². The molecule has 3 aromatic rings. The molecule has 0 spiro atoms. The molecule has 1 aliphatic carbocycles. The van der Waals surface area contributed by atoms with Crippen molar-refractivity contribution in [1.82, 2.24) is 4.68 Å².